The summed E-state index contributed by atoms with van der Waals surface area (Å²) in [5, 5.41) is 3.21. The Morgan fingerprint density at radius 1 is 1.24 bits per heavy atom. The molecule has 0 aliphatic rings. The molecule has 0 atom stereocenters. The molecule has 7 nitrogen and oxygen atoms in total. The van der Waals surface area contributed by atoms with Crippen LogP contribution in [0, 0.1) is 0 Å². The predicted molar refractivity (Wildman–Crippen MR) is 115 cm³/mol. The Morgan fingerprint density at radius 2 is 2.07 bits per heavy atom. The van der Waals surface area contributed by atoms with Crippen LogP contribution in [0.2, 0.25) is 0 Å². The van der Waals surface area contributed by atoms with Crippen LogP contribution in [0.1, 0.15) is 39.2 Å². The summed E-state index contributed by atoms with van der Waals surface area (Å²) in [5.74, 6) is 0.806. The minimum absolute atomic E-state index is 0.213. The van der Waals surface area contributed by atoms with Gasteiger partial charge in [-0.15, -0.1) is 11.3 Å². The molecule has 1 aromatic carbocycles. The Kier molecular flexibility index (Phi) is 5.44. The molecule has 3 aromatic heterocycles. The highest BCUT2D eigenvalue weighted by Gasteiger charge is 2.18. The number of aromatic nitrogens is 4. The summed E-state index contributed by atoms with van der Waals surface area (Å²) in [7, 11) is 0. The molecule has 8 heteroatoms. The van der Waals surface area contributed by atoms with Crippen molar-refractivity contribution in [2.45, 2.75) is 39.2 Å². The molecule has 4 aromatic rings. The number of primary amides is 1. The summed E-state index contributed by atoms with van der Waals surface area (Å²) in [6, 6.07) is 8.44. The van der Waals surface area contributed by atoms with Crippen molar-refractivity contribution >= 4 is 38.5 Å². The number of ether oxygens (including phenoxy) is 1. The van der Waals surface area contributed by atoms with Crippen molar-refractivity contribution in [3.63, 3.8) is 0 Å². The van der Waals surface area contributed by atoms with Gasteiger partial charge in [-0.05, 0) is 32.8 Å². The number of carbonyl (C=O) groups is 1. The molecule has 4 rings (SSSR count). The van der Waals surface area contributed by atoms with Gasteiger partial charge in [-0.3, -0.25) is 4.79 Å². The van der Waals surface area contributed by atoms with E-state index in [0.717, 1.165) is 23.0 Å². The van der Waals surface area contributed by atoms with Gasteiger partial charge in [0.1, 0.15) is 0 Å². The number of fused-ring (bicyclic) bond motifs is 2. The Bertz CT molecular complexity index is 1160. The summed E-state index contributed by atoms with van der Waals surface area (Å²) in [4.78, 5) is 24.9. The van der Waals surface area contributed by atoms with E-state index in [1.165, 1.54) is 4.70 Å². The van der Waals surface area contributed by atoms with Gasteiger partial charge in [0, 0.05) is 33.5 Å². The number of nitrogens with two attached hydrogens (primary N) is 1. The maximum Gasteiger partial charge on any atom is 0.246 e. The number of unbranched alkanes of at least 4 members (excludes halogenated alkanes) is 1. The third-order valence-corrected chi connectivity index (χ3v) is 5.69. The average molecular weight is 410 g/mol. The number of imidazole rings is 1. The smallest absolute Gasteiger partial charge is 0.246 e. The zero-order valence-electron chi connectivity index (χ0n) is 16.5. The van der Waals surface area contributed by atoms with Crippen LogP contribution < -0.4 is 10.5 Å². The Morgan fingerprint density at radius 3 is 2.86 bits per heavy atom. The van der Waals surface area contributed by atoms with Gasteiger partial charge in [-0.1, -0.05) is 18.2 Å². The van der Waals surface area contributed by atoms with Crippen LogP contribution >= 0.6 is 11.3 Å². The molecule has 0 unspecified atom stereocenters. The van der Waals surface area contributed by atoms with Crippen molar-refractivity contribution in [3.05, 3.63) is 36.0 Å². The Labute approximate surface area is 172 Å². The standard InChI is InChI=1S/C21H23N5O2S/c1-13(2)26-12-23-18-20(26)24-19(15-11-29-16-8-4-3-7-14(15)16)25-21(18)28-10-6-5-9-17(22)27/h3-4,7-8,11-13H,5-6,9-10H2,1-2H3,(H2,22,27). The minimum atomic E-state index is -0.295. The van der Waals surface area contributed by atoms with E-state index in [2.05, 4.69) is 36.3 Å². The molecule has 0 bridgehead atoms. The zero-order chi connectivity index (χ0) is 20.4. The molecule has 150 valence electrons. The van der Waals surface area contributed by atoms with Gasteiger partial charge in [0.25, 0.3) is 0 Å². The van der Waals surface area contributed by atoms with Crippen molar-refractivity contribution in [1.29, 1.82) is 0 Å². The second kappa shape index (κ2) is 8.16. The van der Waals surface area contributed by atoms with Crippen LogP contribution in [0.15, 0.2) is 36.0 Å². The lowest BCUT2D eigenvalue weighted by molar-refractivity contribution is -0.118. The molecule has 0 aliphatic heterocycles. The van der Waals surface area contributed by atoms with Crippen LogP contribution in [0.5, 0.6) is 5.88 Å². The molecule has 0 fully saturated rings. The highest BCUT2D eigenvalue weighted by molar-refractivity contribution is 7.17. The molecule has 0 saturated carbocycles. The van der Waals surface area contributed by atoms with Gasteiger partial charge in [-0.2, -0.15) is 4.98 Å². The number of hydrogen-bond acceptors (Lipinski definition) is 6. The fourth-order valence-corrected chi connectivity index (χ4v) is 4.15. The van der Waals surface area contributed by atoms with Crippen LogP contribution in [-0.4, -0.2) is 32.0 Å². The second-order valence-electron chi connectivity index (χ2n) is 7.19. The average Bonchev–Trinajstić information content (AvgIpc) is 3.31. The minimum Gasteiger partial charge on any atom is -0.476 e. The molecule has 0 radical (unpaired) electrons. The molecule has 0 saturated heterocycles. The number of nitrogens with zero attached hydrogens (tertiary/aromatic N) is 4. The van der Waals surface area contributed by atoms with Crippen LogP contribution in [0.25, 0.3) is 32.6 Å². The molecule has 3 heterocycles. The summed E-state index contributed by atoms with van der Waals surface area (Å²) >= 11 is 1.67. The third kappa shape index (κ3) is 3.93. The number of rotatable bonds is 8. The van der Waals surface area contributed by atoms with E-state index >= 15 is 0 Å². The molecule has 1 amide bonds. The lowest BCUT2D eigenvalue weighted by Crippen LogP contribution is -2.10. The van der Waals surface area contributed by atoms with E-state index in [1.807, 2.05) is 16.7 Å². The molecule has 0 spiro atoms. The van der Waals surface area contributed by atoms with Crippen molar-refractivity contribution in [1.82, 2.24) is 19.5 Å². The maximum absolute atomic E-state index is 10.9. The highest BCUT2D eigenvalue weighted by Crippen LogP contribution is 2.34. The van der Waals surface area contributed by atoms with E-state index in [-0.39, 0.29) is 11.9 Å². The van der Waals surface area contributed by atoms with E-state index < -0.39 is 0 Å². The molecule has 2 N–H and O–H groups in total. The van der Waals surface area contributed by atoms with E-state index in [0.29, 0.717) is 36.7 Å². The van der Waals surface area contributed by atoms with Gasteiger partial charge in [0.05, 0.1) is 12.9 Å². The molecule has 0 aliphatic carbocycles. The lowest BCUT2D eigenvalue weighted by atomic mass is 10.1. The van der Waals surface area contributed by atoms with Crippen molar-refractivity contribution in [3.8, 4) is 17.3 Å². The van der Waals surface area contributed by atoms with Crippen LogP contribution in [-0.2, 0) is 4.79 Å². The molecular formula is C21H23N5O2S. The number of amides is 1. The Balaban J connectivity index is 1.73. The van der Waals surface area contributed by atoms with Gasteiger partial charge in [-0.25, -0.2) is 9.97 Å². The highest BCUT2D eigenvalue weighted by atomic mass is 32.1. The van der Waals surface area contributed by atoms with E-state index in [4.69, 9.17) is 20.4 Å². The number of benzene rings is 1. The number of hydrogen-bond donors (Lipinski definition) is 1. The second-order valence-corrected chi connectivity index (χ2v) is 8.10. The zero-order valence-corrected chi connectivity index (χ0v) is 17.3. The monoisotopic (exact) mass is 409 g/mol. The van der Waals surface area contributed by atoms with Crippen LogP contribution in [0.3, 0.4) is 0 Å². The Hall–Kier alpha value is -3.00. The fraction of sp³-hybridized carbons (Fsp3) is 0.333. The van der Waals surface area contributed by atoms with Crippen molar-refractivity contribution in [2.24, 2.45) is 5.73 Å². The third-order valence-electron chi connectivity index (χ3n) is 4.72. The molecule has 29 heavy (non-hydrogen) atoms. The molecular weight excluding hydrogens is 386 g/mol. The van der Waals surface area contributed by atoms with Crippen molar-refractivity contribution < 1.29 is 9.53 Å². The predicted octanol–water partition coefficient (Wildman–Crippen LogP) is 4.32. The quantitative estimate of drug-likeness (QED) is 0.437. The van der Waals surface area contributed by atoms with Gasteiger partial charge < -0.3 is 15.0 Å². The first-order valence-electron chi connectivity index (χ1n) is 9.67. The van der Waals surface area contributed by atoms with Crippen LogP contribution in [0.4, 0.5) is 0 Å². The normalized spacial score (nSPS) is 11.6. The van der Waals surface area contributed by atoms with Gasteiger partial charge in [0.15, 0.2) is 17.0 Å². The van der Waals surface area contributed by atoms with Gasteiger partial charge >= 0.3 is 0 Å². The summed E-state index contributed by atoms with van der Waals surface area (Å²) in [6.45, 7) is 4.62. The number of thiophene rings is 1. The fourth-order valence-electron chi connectivity index (χ4n) is 3.21. The van der Waals surface area contributed by atoms with Gasteiger partial charge in [0.2, 0.25) is 11.8 Å². The number of carbonyl (C=O) groups excluding carboxylic acids is 1. The van der Waals surface area contributed by atoms with Crippen molar-refractivity contribution in [2.75, 3.05) is 6.61 Å². The maximum atomic E-state index is 10.9. The topological polar surface area (TPSA) is 95.9 Å². The van der Waals surface area contributed by atoms with E-state index in [1.54, 1.807) is 17.7 Å². The lowest BCUT2D eigenvalue weighted by Gasteiger charge is -2.10. The first-order chi connectivity index (χ1) is 14.0. The SMILES string of the molecule is CC(C)n1cnc2c(OCCCCC(N)=O)nc(-c3csc4ccccc34)nc21. The first kappa shape index (κ1) is 19.3. The van der Waals surface area contributed by atoms with E-state index in [9.17, 15) is 4.79 Å². The first-order valence-corrected chi connectivity index (χ1v) is 10.5. The summed E-state index contributed by atoms with van der Waals surface area (Å²) < 4.78 is 9.18. The summed E-state index contributed by atoms with van der Waals surface area (Å²) in [5.41, 5.74) is 7.59. The summed E-state index contributed by atoms with van der Waals surface area (Å²) in [6.07, 6.45) is 3.54. The largest absolute Gasteiger partial charge is 0.476 e.